The van der Waals surface area contributed by atoms with Crippen LogP contribution in [0.15, 0.2) is 92.6 Å². The van der Waals surface area contributed by atoms with E-state index in [-0.39, 0.29) is 11.7 Å². The fraction of sp³-hybridized carbons (Fsp3) is 0.179. The van der Waals surface area contributed by atoms with Crippen molar-refractivity contribution in [2.24, 2.45) is 4.99 Å². The van der Waals surface area contributed by atoms with Gasteiger partial charge in [-0.2, -0.15) is 0 Å². The minimum atomic E-state index is -0.0718. The molecule has 0 radical (unpaired) electrons. The summed E-state index contributed by atoms with van der Waals surface area (Å²) < 4.78 is 0. The Balaban J connectivity index is 1.60. The first-order chi connectivity index (χ1) is 17.5. The highest BCUT2D eigenvalue weighted by molar-refractivity contribution is 8.19. The van der Waals surface area contributed by atoms with Crippen molar-refractivity contribution in [2.75, 3.05) is 23.8 Å². The lowest BCUT2D eigenvalue weighted by atomic mass is 10.1. The Morgan fingerprint density at radius 2 is 1.75 bits per heavy atom. The number of hydrogen-bond donors (Lipinski definition) is 1. The molecule has 8 heteroatoms. The van der Waals surface area contributed by atoms with E-state index in [1.807, 2.05) is 62.5 Å². The first kappa shape index (κ1) is 24.2. The number of rotatable bonds is 6. The summed E-state index contributed by atoms with van der Waals surface area (Å²) in [7, 11) is 1.99. The minimum Gasteiger partial charge on any atom is -0.384 e. The van der Waals surface area contributed by atoms with E-state index >= 15 is 0 Å². The van der Waals surface area contributed by atoms with Gasteiger partial charge in [0.2, 0.25) is 0 Å². The molecule has 0 spiro atoms. The van der Waals surface area contributed by atoms with E-state index in [0.29, 0.717) is 34.4 Å². The van der Waals surface area contributed by atoms with Gasteiger partial charge in [0.15, 0.2) is 11.0 Å². The summed E-state index contributed by atoms with van der Waals surface area (Å²) in [5, 5.41) is 4.82. The van der Waals surface area contributed by atoms with Gasteiger partial charge in [-0.25, -0.2) is 4.99 Å². The average molecular weight is 515 g/mol. The fourth-order valence-corrected chi connectivity index (χ4v) is 6.45. The quantitative estimate of drug-likeness (QED) is 0.299. The molecule has 0 aromatic heterocycles. The third kappa shape index (κ3) is 4.66. The van der Waals surface area contributed by atoms with Crippen LogP contribution in [0.5, 0.6) is 0 Å². The second-order valence-electron chi connectivity index (χ2n) is 8.45. The van der Waals surface area contributed by atoms with Crippen LogP contribution in [0.2, 0.25) is 0 Å². The van der Waals surface area contributed by atoms with Crippen molar-refractivity contribution in [3.8, 4) is 0 Å². The van der Waals surface area contributed by atoms with Crippen LogP contribution in [0.4, 0.5) is 17.1 Å². The Labute approximate surface area is 219 Å². The highest BCUT2D eigenvalue weighted by Gasteiger charge is 2.39. The molecule has 2 aliphatic rings. The van der Waals surface area contributed by atoms with Gasteiger partial charge in [-0.3, -0.25) is 14.5 Å². The minimum absolute atomic E-state index is 0.0275. The molecule has 6 nitrogen and oxygen atoms in total. The van der Waals surface area contributed by atoms with Crippen molar-refractivity contribution in [2.45, 2.75) is 25.3 Å². The maximum atomic E-state index is 13.8. The summed E-state index contributed by atoms with van der Waals surface area (Å²) in [6.45, 7) is 4.68. The predicted octanol–water partition coefficient (Wildman–Crippen LogP) is 6.50. The number of nitrogens with one attached hydrogen (secondary N) is 1. The third-order valence-corrected chi connectivity index (χ3v) is 8.40. The fourth-order valence-electron chi connectivity index (χ4n) is 4.11. The average Bonchev–Trinajstić information content (AvgIpc) is 3.37. The smallest absolute Gasteiger partial charge is 0.269 e. The van der Waals surface area contributed by atoms with Gasteiger partial charge < -0.3 is 10.2 Å². The zero-order valence-corrected chi connectivity index (χ0v) is 22.0. The van der Waals surface area contributed by atoms with Crippen LogP contribution in [0.25, 0.3) is 0 Å². The number of benzene rings is 3. The van der Waals surface area contributed by atoms with Crippen LogP contribution in [0.3, 0.4) is 0 Å². The zero-order valence-electron chi connectivity index (χ0n) is 20.3. The number of ketones is 1. The van der Waals surface area contributed by atoms with Crippen LogP contribution < -0.4 is 10.2 Å². The van der Waals surface area contributed by atoms with Gasteiger partial charge in [0.05, 0.1) is 28.6 Å². The maximum absolute atomic E-state index is 13.8. The van der Waals surface area contributed by atoms with E-state index in [1.54, 1.807) is 35.7 Å². The number of hydrogen-bond acceptors (Lipinski definition) is 7. The van der Waals surface area contributed by atoms with Crippen LogP contribution in [-0.2, 0) is 11.3 Å². The second kappa shape index (κ2) is 10.2. The molecule has 0 bridgehead atoms. The molecule has 1 N–H and O–H groups in total. The lowest BCUT2D eigenvalue weighted by Gasteiger charge is -2.17. The molecular formula is C28H26N4O2S2. The van der Waals surface area contributed by atoms with E-state index in [4.69, 9.17) is 4.99 Å². The van der Waals surface area contributed by atoms with E-state index in [0.717, 1.165) is 26.9 Å². The van der Waals surface area contributed by atoms with Gasteiger partial charge in [0.1, 0.15) is 4.91 Å². The summed E-state index contributed by atoms with van der Waals surface area (Å²) in [5.74, 6) is -0.0992. The molecule has 2 heterocycles. The lowest BCUT2D eigenvalue weighted by molar-refractivity contribution is -0.122. The molecule has 1 amide bonds. The molecule has 0 unspecified atom stereocenters. The second-order valence-corrected chi connectivity index (χ2v) is 10.5. The number of Topliss-reactive ketones (excluding diaryl/α,β-unsaturated/α-hetero) is 1. The van der Waals surface area contributed by atoms with Gasteiger partial charge in [0, 0.05) is 24.1 Å². The Bertz CT molecular complexity index is 1400. The summed E-state index contributed by atoms with van der Waals surface area (Å²) in [6.07, 6.45) is 0. The summed E-state index contributed by atoms with van der Waals surface area (Å²) in [5.41, 5.74) is 4.15. The number of anilines is 2. The van der Waals surface area contributed by atoms with Gasteiger partial charge in [-0.05, 0) is 61.5 Å². The van der Waals surface area contributed by atoms with Gasteiger partial charge in [-0.15, -0.1) is 0 Å². The van der Waals surface area contributed by atoms with Crippen molar-refractivity contribution in [1.29, 1.82) is 0 Å². The number of thioether (sulfide) groups is 2. The van der Waals surface area contributed by atoms with E-state index in [1.165, 1.54) is 11.8 Å². The normalized spacial score (nSPS) is 18.2. The highest BCUT2D eigenvalue weighted by Crippen LogP contribution is 2.50. The van der Waals surface area contributed by atoms with Crippen molar-refractivity contribution < 1.29 is 9.59 Å². The van der Waals surface area contributed by atoms with E-state index in [9.17, 15) is 9.59 Å². The van der Waals surface area contributed by atoms with Crippen LogP contribution >= 0.6 is 23.5 Å². The summed E-state index contributed by atoms with van der Waals surface area (Å²) in [6, 6.07) is 23.5. The number of carbonyl (C=O) groups is 2. The van der Waals surface area contributed by atoms with Crippen LogP contribution in [0.1, 0.15) is 29.8 Å². The third-order valence-electron chi connectivity index (χ3n) is 5.97. The molecule has 5 rings (SSSR count). The Morgan fingerprint density at radius 1 is 1.00 bits per heavy atom. The topological polar surface area (TPSA) is 65.0 Å². The number of para-hydroxylation sites is 1. The molecule has 1 fully saturated rings. The molecule has 0 aliphatic carbocycles. The molecule has 0 saturated carbocycles. The van der Waals surface area contributed by atoms with Crippen molar-refractivity contribution in [1.82, 2.24) is 4.90 Å². The molecule has 3 aromatic rings. The van der Waals surface area contributed by atoms with Crippen LogP contribution in [0, 0.1) is 0 Å². The van der Waals surface area contributed by atoms with Crippen molar-refractivity contribution in [3.05, 3.63) is 93.9 Å². The molecule has 0 atom stereocenters. The molecule has 182 valence electrons. The molecular weight excluding hydrogens is 488 g/mol. The molecule has 3 aromatic carbocycles. The number of amidine groups is 1. The molecule has 2 aliphatic heterocycles. The van der Waals surface area contributed by atoms with Gasteiger partial charge in [0.25, 0.3) is 5.91 Å². The molecule has 36 heavy (non-hydrogen) atoms. The summed E-state index contributed by atoms with van der Waals surface area (Å²) >= 11 is 2.99. The number of nitrogens with zero attached hydrogens (tertiary/aromatic N) is 3. The Kier molecular flexibility index (Phi) is 6.89. The van der Waals surface area contributed by atoms with E-state index < -0.39 is 0 Å². The van der Waals surface area contributed by atoms with Crippen molar-refractivity contribution in [3.63, 3.8) is 0 Å². The maximum Gasteiger partial charge on any atom is 0.269 e. The van der Waals surface area contributed by atoms with Crippen LogP contribution in [-0.4, -0.2) is 35.4 Å². The first-order valence-corrected chi connectivity index (χ1v) is 13.4. The Hall–Kier alpha value is -3.49. The van der Waals surface area contributed by atoms with Gasteiger partial charge in [-0.1, -0.05) is 54.2 Å². The SMILES string of the molecule is CCNc1ccc(C(C)=O)cc1N=C1SC(=C2Sc3ccccc3N2C)C(=O)N1Cc1ccccc1. The van der Waals surface area contributed by atoms with Crippen molar-refractivity contribution >= 4 is 57.4 Å². The monoisotopic (exact) mass is 514 g/mol. The van der Waals surface area contributed by atoms with E-state index in [2.05, 4.69) is 22.3 Å². The first-order valence-electron chi connectivity index (χ1n) is 11.7. The molecule has 1 saturated heterocycles. The Morgan fingerprint density at radius 3 is 2.47 bits per heavy atom. The van der Waals surface area contributed by atoms with Gasteiger partial charge >= 0.3 is 0 Å². The number of carbonyl (C=O) groups excluding carboxylic acids is 2. The largest absolute Gasteiger partial charge is 0.384 e. The number of aliphatic imine (C=N–C) groups is 1. The zero-order chi connectivity index (χ0) is 25.2. The summed E-state index contributed by atoms with van der Waals surface area (Å²) in [4.78, 5) is 36.4. The standard InChI is InChI=1S/C28H26N4O2S2/c1-4-29-21-15-14-20(18(2)33)16-22(21)30-28-32(17-19-10-6-5-7-11-19)26(34)25(36-28)27-31(3)23-12-8-9-13-24(23)35-27/h5-16,29H,4,17H2,1-3H3. The number of fused-ring (bicyclic) bond motifs is 1. The lowest BCUT2D eigenvalue weighted by Crippen LogP contribution is -2.29. The highest BCUT2D eigenvalue weighted by atomic mass is 32.2. The predicted molar refractivity (Wildman–Crippen MR) is 150 cm³/mol. The number of amides is 1.